The molecule has 1 N–H and O–H groups in total. The number of para-hydroxylation sites is 2. The molecule has 0 bridgehead atoms. The first kappa shape index (κ1) is 17.1. The zero-order chi connectivity index (χ0) is 17.3. The Morgan fingerprint density at radius 3 is 2.00 bits per heavy atom. The Labute approximate surface area is 149 Å². The van der Waals surface area contributed by atoms with E-state index in [2.05, 4.69) is 24.3 Å². The van der Waals surface area contributed by atoms with E-state index in [1.165, 1.54) is 11.1 Å². The summed E-state index contributed by atoms with van der Waals surface area (Å²) in [5.41, 5.74) is 3.45. The minimum Gasteiger partial charge on any atom is -0.508 e. The van der Waals surface area contributed by atoms with Gasteiger partial charge in [0.05, 0.1) is 0 Å². The first-order chi connectivity index (χ1) is 12.3. The lowest BCUT2D eigenvalue weighted by molar-refractivity contribution is 0.302. The Kier molecular flexibility index (Phi) is 6.11. The van der Waals surface area contributed by atoms with Gasteiger partial charge in [0.15, 0.2) is 0 Å². The molecule has 2 heteroatoms. The number of phenols is 1. The number of unbranched alkanes of at least 4 members (excludes halogenated alkanes) is 1. The van der Waals surface area contributed by atoms with Crippen molar-refractivity contribution >= 4 is 0 Å². The van der Waals surface area contributed by atoms with Crippen molar-refractivity contribution in [2.45, 2.75) is 32.3 Å². The lowest BCUT2D eigenvalue weighted by Crippen LogP contribution is -1.99. The Hall–Kier alpha value is -2.74. The third-order valence-corrected chi connectivity index (χ3v) is 4.34. The standard InChI is InChI=1S/C23H24O2/c24-22-16-8-6-13-20(22)12-4-5-14-21-15-7-9-17-23(21)25-18-19-10-2-1-3-11-19/h1-3,6-11,13,15-17,24H,4-5,12,14,18H2. The molecule has 0 saturated carbocycles. The molecule has 128 valence electrons. The highest BCUT2D eigenvalue weighted by molar-refractivity contribution is 5.34. The summed E-state index contributed by atoms with van der Waals surface area (Å²) in [6, 6.07) is 26.1. The molecule has 0 radical (unpaired) electrons. The molecule has 0 amide bonds. The average Bonchev–Trinajstić information content (AvgIpc) is 2.66. The van der Waals surface area contributed by atoms with Crippen LogP contribution in [0.3, 0.4) is 0 Å². The zero-order valence-electron chi connectivity index (χ0n) is 14.4. The average molecular weight is 332 g/mol. The van der Waals surface area contributed by atoms with Gasteiger partial charge in [0.2, 0.25) is 0 Å². The summed E-state index contributed by atoms with van der Waals surface area (Å²) in [7, 11) is 0. The van der Waals surface area contributed by atoms with Crippen molar-refractivity contribution in [3.63, 3.8) is 0 Å². The number of aryl methyl sites for hydroxylation is 2. The van der Waals surface area contributed by atoms with E-state index in [0.29, 0.717) is 12.4 Å². The third kappa shape index (κ3) is 5.12. The number of rotatable bonds is 8. The summed E-state index contributed by atoms with van der Waals surface area (Å²) in [5.74, 6) is 1.36. The van der Waals surface area contributed by atoms with Crippen molar-refractivity contribution in [3.8, 4) is 11.5 Å². The lowest BCUT2D eigenvalue weighted by Gasteiger charge is -2.12. The zero-order valence-corrected chi connectivity index (χ0v) is 14.4. The summed E-state index contributed by atoms with van der Waals surface area (Å²) in [4.78, 5) is 0. The van der Waals surface area contributed by atoms with Gasteiger partial charge in [0.25, 0.3) is 0 Å². The summed E-state index contributed by atoms with van der Waals surface area (Å²) < 4.78 is 6.02. The van der Waals surface area contributed by atoms with E-state index >= 15 is 0 Å². The van der Waals surface area contributed by atoms with Crippen LogP contribution in [0.15, 0.2) is 78.9 Å². The van der Waals surface area contributed by atoms with Gasteiger partial charge in [-0.3, -0.25) is 0 Å². The molecular weight excluding hydrogens is 308 g/mol. The predicted molar refractivity (Wildman–Crippen MR) is 102 cm³/mol. The van der Waals surface area contributed by atoms with E-state index in [4.69, 9.17) is 4.74 Å². The van der Waals surface area contributed by atoms with Crippen molar-refractivity contribution in [1.82, 2.24) is 0 Å². The second-order valence-electron chi connectivity index (χ2n) is 6.22. The van der Waals surface area contributed by atoms with Crippen LogP contribution in [-0.2, 0) is 19.4 Å². The maximum Gasteiger partial charge on any atom is 0.122 e. The third-order valence-electron chi connectivity index (χ3n) is 4.34. The molecule has 0 heterocycles. The van der Waals surface area contributed by atoms with E-state index in [1.54, 1.807) is 6.07 Å². The normalized spacial score (nSPS) is 10.6. The fourth-order valence-corrected chi connectivity index (χ4v) is 2.94. The van der Waals surface area contributed by atoms with Crippen molar-refractivity contribution in [3.05, 3.63) is 95.6 Å². The van der Waals surface area contributed by atoms with E-state index < -0.39 is 0 Å². The Balaban J connectivity index is 1.51. The maximum absolute atomic E-state index is 9.83. The molecule has 0 spiro atoms. The number of hydrogen-bond acceptors (Lipinski definition) is 2. The van der Waals surface area contributed by atoms with E-state index in [1.807, 2.05) is 48.5 Å². The van der Waals surface area contributed by atoms with Gasteiger partial charge in [0.1, 0.15) is 18.1 Å². The summed E-state index contributed by atoms with van der Waals surface area (Å²) in [5, 5.41) is 9.83. The smallest absolute Gasteiger partial charge is 0.122 e. The quantitative estimate of drug-likeness (QED) is 0.549. The molecule has 0 aliphatic carbocycles. The van der Waals surface area contributed by atoms with Crippen molar-refractivity contribution in [1.29, 1.82) is 0 Å². The minimum absolute atomic E-state index is 0.397. The lowest BCUT2D eigenvalue weighted by atomic mass is 10.0. The van der Waals surface area contributed by atoms with Crippen LogP contribution in [0.1, 0.15) is 29.5 Å². The van der Waals surface area contributed by atoms with E-state index in [9.17, 15) is 5.11 Å². The van der Waals surface area contributed by atoms with Gasteiger partial charge in [-0.15, -0.1) is 0 Å². The molecule has 3 rings (SSSR count). The first-order valence-corrected chi connectivity index (χ1v) is 8.84. The van der Waals surface area contributed by atoms with Gasteiger partial charge in [-0.1, -0.05) is 66.7 Å². The highest BCUT2D eigenvalue weighted by Crippen LogP contribution is 2.23. The molecule has 0 aromatic heterocycles. The number of benzene rings is 3. The number of ether oxygens (including phenoxy) is 1. The molecule has 0 aliphatic heterocycles. The topological polar surface area (TPSA) is 29.5 Å². The van der Waals surface area contributed by atoms with Crippen molar-refractivity contribution < 1.29 is 9.84 Å². The van der Waals surface area contributed by atoms with Crippen LogP contribution < -0.4 is 4.74 Å². The Morgan fingerprint density at radius 1 is 0.640 bits per heavy atom. The van der Waals surface area contributed by atoms with Gasteiger partial charge in [-0.05, 0) is 54.5 Å². The molecule has 2 nitrogen and oxygen atoms in total. The monoisotopic (exact) mass is 332 g/mol. The van der Waals surface area contributed by atoms with Crippen molar-refractivity contribution in [2.75, 3.05) is 0 Å². The van der Waals surface area contributed by atoms with Crippen LogP contribution in [0.4, 0.5) is 0 Å². The van der Waals surface area contributed by atoms with Gasteiger partial charge < -0.3 is 9.84 Å². The van der Waals surface area contributed by atoms with Crippen LogP contribution in [0.2, 0.25) is 0 Å². The van der Waals surface area contributed by atoms with E-state index in [0.717, 1.165) is 37.0 Å². The molecule has 25 heavy (non-hydrogen) atoms. The summed E-state index contributed by atoms with van der Waals surface area (Å²) >= 11 is 0. The fourth-order valence-electron chi connectivity index (χ4n) is 2.94. The van der Waals surface area contributed by atoms with Crippen molar-refractivity contribution in [2.24, 2.45) is 0 Å². The SMILES string of the molecule is Oc1ccccc1CCCCc1ccccc1OCc1ccccc1. The molecule has 0 unspecified atom stereocenters. The maximum atomic E-state index is 9.83. The molecule has 3 aromatic carbocycles. The van der Waals surface area contributed by atoms with Crippen LogP contribution in [0, 0.1) is 0 Å². The first-order valence-electron chi connectivity index (χ1n) is 8.84. The van der Waals surface area contributed by atoms with Crippen LogP contribution in [0.25, 0.3) is 0 Å². The molecule has 3 aromatic rings. The molecule has 0 aliphatic rings. The van der Waals surface area contributed by atoms with Crippen LogP contribution >= 0.6 is 0 Å². The summed E-state index contributed by atoms with van der Waals surface area (Å²) in [6.45, 7) is 0.593. The molecule has 0 saturated heterocycles. The minimum atomic E-state index is 0.397. The van der Waals surface area contributed by atoms with Gasteiger partial charge in [-0.2, -0.15) is 0 Å². The van der Waals surface area contributed by atoms with E-state index in [-0.39, 0.29) is 0 Å². The second-order valence-corrected chi connectivity index (χ2v) is 6.22. The molecular formula is C23H24O2. The Morgan fingerprint density at radius 2 is 1.24 bits per heavy atom. The largest absolute Gasteiger partial charge is 0.508 e. The second kappa shape index (κ2) is 8.93. The Bertz CT molecular complexity index is 781. The van der Waals surface area contributed by atoms with Gasteiger partial charge >= 0.3 is 0 Å². The molecule has 0 atom stereocenters. The number of hydrogen-bond donors (Lipinski definition) is 1. The van der Waals surface area contributed by atoms with Gasteiger partial charge in [-0.25, -0.2) is 0 Å². The highest BCUT2D eigenvalue weighted by Gasteiger charge is 2.05. The highest BCUT2D eigenvalue weighted by atomic mass is 16.5. The van der Waals surface area contributed by atoms with Crippen LogP contribution in [0.5, 0.6) is 11.5 Å². The number of aromatic hydroxyl groups is 1. The fraction of sp³-hybridized carbons (Fsp3) is 0.217. The summed E-state index contributed by atoms with van der Waals surface area (Å²) in [6.07, 6.45) is 4.00. The number of phenolic OH excluding ortho intramolecular Hbond substituents is 1. The molecule has 0 fully saturated rings. The van der Waals surface area contributed by atoms with Crippen LogP contribution in [-0.4, -0.2) is 5.11 Å². The van der Waals surface area contributed by atoms with Gasteiger partial charge in [0, 0.05) is 0 Å². The predicted octanol–water partition coefficient (Wildman–Crippen LogP) is 5.54.